The average Bonchev–Trinajstić information content (AvgIpc) is 2.96. The molecule has 4 heteroatoms. The van der Waals surface area contributed by atoms with Crippen molar-refractivity contribution in [3.63, 3.8) is 0 Å². The molecule has 2 aromatic carbocycles. The lowest BCUT2D eigenvalue weighted by molar-refractivity contribution is -0.131. The summed E-state index contributed by atoms with van der Waals surface area (Å²) >= 11 is 0. The average molecular weight is 333 g/mol. The van der Waals surface area contributed by atoms with Crippen molar-refractivity contribution in [2.24, 2.45) is 0 Å². The van der Waals surface area contributed by atoms with Gasteiger partial charge in [0.15, 0.2) is 0 Å². The van der Waals surface area contributed by atoms with Gasteiger partial charge in [-0.05, 0) is 49.4 Å². The van der Waals surface area contributed by atoms with E-state index < -0.39 is 5.97 Å². The molecule has 0 fully saturated rings. The zero-order valence-electron chi connectivity index (χ0n) is 14.1. The number of benzene rings is 2. The molecule has 1 aromatic heterocycles. The number of carbonyl (C=O) groups excluding carboxylic acids is 2. The summed E-state index contributed by atoms with van der Waals surface area (Å²) in [5.74, 6) is -0.266. The lowest BCUT2D eigenvalue weighted by atomic mass is 9.95. The molecule has 0 saturated heterocycles. The van der Waals surface area contributed by atoms with Gasteiger partial charge in [-0.3, -0.25) is 14.2 Å². The quantitative estimate of drug-likeness (QED) is 0.523. The summed E-state index contributed by atoms with van der Waals surface area (Å²) in [5.41, 5.74) is 3.71. The van der Waals surface area contributed by atoms with Crippen molar-refractivity contribution < 1.29 is 14.3 Å². The smallest absolute Gasteiger partial charge is 0.308 e. The Morgan fingerprint density at radius 2 is 1.68 bits per heavy atom. The van der Waals surface area contributed by atoms with Gasteiger partial charge in [0.2, 0.25) is 0 Å². The van der Waals surface area contributed by atoms with Crippen molar-refractivity contribution in [3.8, 4) is 5.75 Å². The number of para-hydroxylation sites is 2. The molecule has 0 spiro atoms. The van der Waals surface area contributed by atoms with Crippen molar-refractivity contribution in [1.29, 1.82) is 0 Å². The number of nitrogens with zero attached hydrogens (tertiary/aromatic N) is 1. The van der Waals surface area contributed by atoms with E-state index in [0.717, 1.165) is 42.3 Å². The highest BCUT2D eigenvalue weighted by molar-refractivity contribution is 6.06. The molecule has 0 aliphatic heterocycles. The van der Waals surface area contributed by atoms with Gasteiger partial charge in [0, 0.05) is 18.0 Å². The Kier molecular flexibility index (Phi) is 3.88. The van der Waals surface area contributed by atoms with Crippen LogP contribution in [0.15, 0.2) is 48.5 Å². The van der Waals surface area contributed by atoms with Gasteiger partial charge in [-0.25, -0.2) is 0 Å². The summed E-state index contributed by atoms with van der Waals surface area (Å²) in [7, 11) is 0. The first-order valence-electron chi connectivity index (χ1n) is 8.60. The van der Waals surface area contributed by atoms with Gasteiger partial charge in [-0.15, -0.1) is 0 Å². The summed E-state index contributed by atoms with van der Waals surface area (Å²) < 4.78 is 7.06. The molecule has 0 N–H and O–H groups in total. The largest absolute Gasteiger partial charge is 0.426 e. The number of esters is 1. The minimum Gasteiger partial charge on any atom is -0.426 e. The van der Waals surface area contributed by atoms with E-state index in [1.54, 1.807) is 24.3 Å². The van der Waals surface area contributed by atoms with Gasteiger partial charge in [-0.2, -0.15) is 0 Å². The normalized spacial score (nSPS) is 13.5. The van der Waals surface area contributed by atoms with Crippen molar-refractivity contribution in [1.82, 2.24) is 4.57 Å². The van der Waals surface area contributed by atoms with Crippen LogP contribution in [-0.4, -0.2) is 16.4 Å². The lowest BCUT2D eigenvalue weighted by Gasteiger charge is -2.16. The third-order valence-corrected chi connectivity index (χ3v) is 4.75. The zero-order valence-corrected chi connectivity index (χ0v) is 14.1. The second-order valence-corrected chi connectivity index (χ2v) is 6.38. The summed E-state index contributed by atoms with van der Waals surface area (Å²) in [4.78, 5) is 24.7. The van der Waals surface area contributed by atoms with Crippen molar-refractivity contribution in [3.05, 3.63) is 65.4 Å². The summed E-state index contributed by atoms with van der Waals surface area (Å²) in [6.45, 7) is 1.34. The van der Waals surface area contributed by atoms with Crippen molar-refractivity contribution in [2.45, 2.75) is 32.6 Å². The van der Waals surface area contributed by atoms with E-state index >= 15 is 0 Å². The Bertz CT molecular complexity index is 984. The van der Waals surface area contributed by atoms with E-state index in [1.165, 1.54) is 12.5 Å². The van der Waals surface area contributed by atoms with Crippen LogP contribution in [0.25, 0.3) is 10.9 Å². The van der Waals surface area contributed by atoms with Gasteiger partial charge >= 0.3 is 5.97 Å². The Balaban J connectivity index is 1.91. The van der Waals surface area contributed by atoms with Gasteiger partial charge in [0.1, 0.15) is 5.75 Å². The van der Waals surface area contributed by atoms with Crippen LogP contribution in [0.2, 0.25) is 0 Å². The van der Waals surface area contributed by atoms with Crippen LogP contribution in [-0.2, 0) is 17.6 Å². The molecule has 3 aromatic rings. The maximum Gasteiger partial charge on any atom is 0.308 e. The molecule has 0 unspecified atom stereocenters. The highest BCUT2D eigenvalue weighted by atomic mass is 16.5. The molecule has 126 valence electrons. The highest BCUT2D eigenvalue weighted by Crippen LogP contribution is 2.33. The molecule has 0 saturated carbocycles. The van der Waals surface area contributed by atoms with Crippen molar-refractivity contribution in [2.75, 3.05) is 0 Å². The second kappa shape index (κ2) is 6.20. The molecule has 0 radical (unpaired) electrons. The summed E-state index contributed by atoms with van der Waals surface area (Å²) in [5, 5.41) is 1.15. The first kappa shape index (κ1) is 15.6. The SMILES string of the molecule is CC(=O)Oc1ccccc1C(=O)n1c2c(c3ccccc31)CCCC2. The van der Waals surface area contributed by atoms with E-state index in [1.807, 2.05) is 22.8 Å². The number of aromatic nitrogens is 1. The van der Waals surface area contributed by atoms with Crippen LogP contribution in [0.3, 0.4) is 0 Å². The predicted molar refractivity (Wildman–Crippen MR) is 96.1 cm³/mol. The molecule has 1 aliphatic rings. The van der Waals surface area contributed by atoms with Crippen molar-refractivity contribution >= 4 is 22.8 Å². The van der Waals surface area contributed by atoms with E-state index in [2.05, 4.69) is 6.07 Å². The number of carbonyl (C=O) groups is 2. The van der Waals surface area contributed by atoms with Crippen LogP contribution in [0.4, 0.5) is 0 Å². The Hall–Kier alpha value is -2.88. The zero-order chi connectivity index (χ0) is 17.4. The Morgan fingerprint density at radius 3 is 2.52 bits per heavy atom. The molecule has 0 atom stereocenters. The number of rotatable bonds is 2. The van der Waals surface area contributed by atoms with E-state index in [0.29, 0.717) is 11.3 Å². The second-order valence-electron chi connectivity index (χ2n) is 6.38. The third kappa shape index (κ3) is 2.64. The van der Waals surface area contributed by atoms with Crippen LogP contribution in [0.1, 0.15) is 41.4 Å². The molecule has 0 amide bonds. The first-order valence-corrected chi connectivity index (χ1v) is 8.60. The number of fused-ring (bicyclic) bond motifs is 3. The summed E-state index contributed by atoms with van der Waals surface area (Å²) in [6.07, 6.45) is 4.13. The first-order chi connectivity index (χ1) is 12.2. The van der Waals surface area contributed by atoms with Crippen LogP contribution in [0, 0.1) is 0 Å². The molecule has 1 aliphatic carbocycles. The molecular weight excluding hydrogens is 314 g/mol. The third-order valence-electron chi connectivity index (χ3n) is 4.75. The molecule has 4 nitrogen and oxygen atoms in total. The van der Waals surface area contributed by atoms with Crippen LogP contribution >= 0.6 is 0 Å². The maximum atomic E-state index is 13.4. The molecule has 4 rings (SSSR count). The molecule has 1 heterocycles. The minimum absolute atomic E-state index is 0.142. The highest BCUT2D eigenvalue weighted by Gasteiger charge is 2.25. The number of hydrogen-bond acceptors (Lipinski definition) is 3. The minimum atomic E-state index is -0.431. The van der Waals surface area contributed by atoms with Crippen LogP contribution in [0.5, 0.6) is 5.75 Å². The van der Waals surface area contributed by atoms with Crippen LogP contribution < -0.4 is 4.74 Å². The van der Waals surface area contributed by atoms with E-state index in [4.69, 9.17) is 4.74 Å². The van der Waals surface area contributed by atoms with Gasteiger partial charge < -0.3 is 4.74 Å². The maximum absolute atomic E-state index is 13.4. The number of ether oxygens (including phenoxy) is 1. The topological polar surface area (TPSA) is 48.3 Å². The predicted octanol–water partition coefficient (Wildman–Crippen LogP) is 4.13. The fraction of sp³-hybridized carbons (Fsp3) is 0.238. The fourth-order valence-corrected chi connectivity index (χ4v) is 3.74. The fourth-order valence-electron chi connectivity index (χ4n) is 3.74. The molecule has 0 bridgehead atoms. The Labute approximate surface area is 146 Å². The Morgan fingerprint density at radius 1 is 0.960 bits per heavy atom. The lowest BCUT2D eigenvalue weighted by Crippen LogP contribution is -2.18. The van der Waals surface area contributed by atoms with E-state index in [9.17, 15) is 9.59 Å². The van der Waals surface area contributed by atoms with Gasteiger partial charge in [0.05, 0.1) is 11.1 Å². The van der Waals surface area contributed by atoms with E-state index in [-0.39, 0.29) is 5.91 Å². The van der Waals surface area contributed by atoms with Gasteiger partial charge in [0.25, 0.3) is 5.91 Å². The summed E-state index contributed by atoms with van der Waals surface area (Å²) in [6, 6.07) is 15.0. The molecular formula is C21H19NO3. The number of aryl methyl sites for hydroxylation is 1. The standard InChI is InChI=1S/C21H19NO3/c1-14(23)25-20-13-7-4-10-17(20)21(24)22-18-11-5-2-8-15(18)16-9-3-6-12-19(16)22/h2,4-5,7-8,10-11,13H,3,6,9,12H2,1H3. The molecule has 25 heavy (non-hydrogen) atoms. The van der Waals surface area contributed by atoms with Gasteiger partial charge in [-0.1, -0.05) is 30.3 Å². The number of hydrogen-bond donors (Lipinski definition) is 0. The monoisotopic (exact) mass is 333 g/mol.